The average Bonchev–Trinajstić information content (AvgIpc) is 2.83. The third kappa shape index (κ3) is 3.55. The van der Waals surface area contributed by atoms with Crippen molar-refractivity contribution in [1.82, 2.24) is 5.27 Å². The molecule has 0 unspecified atom stereocenters. The van der Waals surface area contributed by atoms with Gasteiger partial charge in [0, 0.05) is 7.11 Å². The molecular formula is C12H15N3O4S. The second-order valence-electron chi connectivity index (χ2n) is 4.18. The molecule has 0 aliphatic rings. The summed E-state index contributed by atoms with van der Waals surface area (Å²) in [5.74, 6) is 0. The van der Waals surface area contributed by atoms with Gasteiger partial charge in [0.15, 0.2) is 6.54 Å². The molecule has 1 aromatic carbocycles. The summed E-state index contributed by atoms with van der Waals surface area (Å²) in [5, 5.41) is 3.65. The third-order valence-corrected chi connectivity index (χ3v) is 3.84. The molecular weight excluding hydrogens is 282 g/mol. The molecule has 0 saturated heterocycles. The van der Waals surface area contributed by atoms with Crippen LogP contribution >= 0.6 is 0 Å². The molecule has 20 heavy (non-hydrogen) atoms. The van der Waals surface area contributed by atoms with E-state index >= 15 is 0 Å². The fraction of sp³-hybridized carbons (Fsp3) is 0.333. The first kappa shape index (κ1) is 14.5. The Morgan fingerprint density at radius 1 is 1.35 bits per heavy atom. The quantitative estimate of drug-likeness (QED) is 0.711. The molecule has 0 spiro atoms. The molecule has 108 valence electrons. The number of benzene rings is 1. The van der Waals surface area contributed by atoms with Crippen molar-refractivity contribution in [3.05, 3.63) is 41.6 Å². The van der Waals surface area contributed by atoms with Crippen molar-refractivity contribution < 1.29 is 22.4 Å². The molecule has 1 heterocycles. The van der Waals surface area contributed by atoms with Gasteiger partial charge in [-0.25, -0.2) is 4.68 Å². The summed E-state index contributed by atoms with van der Waals surface area (Å²) in [5.41, 5.74) is 0.905. The van der Waals surface area contributed by atoms with Gasteiger partial charge in [-0.05, 0) is 19.1 Å². The third-order valence-electron chi connectivity index (χ3n) is 2.55. The molecule has 0 fully saturated rings. The SMILES string of the molecule is COCC[n+]1c/c(=N/S(=O)(=O)c2ccc(C)cc2)o[n-]1. The smallest absolute Gasteiger partial charge is 0.285 e. The van der Waals surface area contributed by atoms with E-state index in [1.807, 2.05) is 6.92 Å². The number of nitrogens with zero attached hydrogens (tertiary/aromatic N) is 3. The molecule has 0 bridgehead atoms. The minimum Gasteiger partial charge on any atom is -0.486 e. The van der Waals surface area contributed by atoms with Crippen LogP contribution in [0.2, 0.25) is 0 Å². The van der Waals surface area contributed by atoms with E-state index in [1.165, 1.54) is 23.0 Å². The zero-order valence-corrected chi connectivity index (χ0v) is 12.0. The molecule has 1 aromatic heterocycles. The fourth-order valence-electron chi connectivity index (χ4n) is 1.48. The minimum absolute atomic E-state index is 0.0679. The van der Waals surface area contributed by atoms with E-state index in [0.717, 1.165) is 5.56 Å². The van der Waals surface area contributed by atoms with Crippen molar-refractivity contribution in [1.29, 1.82) is 0 Å². The van der Waals surface area contributed by atoms with Gasteiger partial charge >= 0.3 is 0 Å². The van der Waals surface area contributed by atoms with Gasteiger partial charge in [0.2, 0.25) is 6.20 Å². The van der Waals surface area contributed by atoms with E-state index in [-0.39, 0.29) is 10.4 Å². The van der Waals surface area contributed by atoms with Crippen LogP contribution in [0.25, 0.3) is 0 Å². The Hall–Kier alpha value is -1.93. The van der Waals surface area contributed by atoms with Gasteiger partial charge < -0.3 is 9.26 Å². The highest BCUT2D eigenvalue weighted by Crippen LogP contribution is 2.12. The van der Waals surface area contributed by atoms with Crippen LogP contribution in [0.5, 0.6) is 0 Å². The van der Waals surface area contributed by atoms with Crippen molar-refractivity contribution in [3.63, 3.8) is 0 Å². The number of hydrogen-bond acceptors (Lipinski definition) is 4. The Kier molecular flexibility index (Phi) is 4.35. The topological polar surface area (TPSA) is 86.8 Å². The molecule has 0 aliphatic heterocycles. The second-order valence-corrected chi connectivity index (χ2v) is 5.78. The lowest BCUT2D eigenvalue weighted by Gasteiger charge is -1.97. The largest absolute Gasteiger partial charge is 0.486 e. The lowest BCUT2D eigenvalue weighted by molar-refractivity contribution is -0.768. The highest BCUT2D eigenvalue weighted by atomic mass is 32.2. The Bertz CT molecular complexity index is 729. The van der Waals surface area contributed by atoms with Crippen LogP contribution in [0.1, 0.15) is 5.56 Å². The van der Waals surface area contributed by atoms with Crippen LogP contribution in [0.3, 0.4) is 0 Å². The summed E-state index contributed by atoms with van der Waals surface area (Å²) in [4.78, 5) is 0.114. The Morgan fingerprint density at radius 2 is 2.05 bits per heavy atom. The zero-order valence-electron chi connectivity index (χ0n) is 11.2. The molecule has 0 atom stereocenters. The predicted octanol–water partition coefficient (Wildman–Crippen LogP) is -0.231. The lowest BCUT2D eigenvalue weighted by Crippen LogP contribution is -2.39. The molecule has 7 nitrogen and oxygen atoms in total. The fourth-order valence-corrected chi connectivity index (χ4v) is 2.38. The van der Waals surface area contributed by atoms with E-state index < -0.39 is 10.0 Å². The van der Waals surface area contributed by atoms with Gasteiger partial charge in [-0.15, -0.1) is 4.40 Å². The number of aryl methyl sites for hydroxylation is 1. The molecule has 0 saturated carbocycles. The van der Waals surface area contributed by atoms with Gasteiger partial charge in [0.05, 0.1) is 4.90 Å². The highest BCUT2D eigenvalue weighted by Gasteiger charge is 2.12. The number of aromatic nitrogens is 2. The van der Waals surface area contributed by atoms with E-state index in [9.17, 15) is 8.42 Å². The van der Waals surface area contributed by atoms with E-state index in [1.54, 1.807) is 19.2 Å². The Morgan fingerprint density at radius 3 is 2.70 bits per heavy atom. The summed E-state index contributed by atoms with van der Waals surface area (Å²) < 4.78 is 38.9. The highest BCUT2D eigenvalue weighted by molar-refractivity contribution is 7.90. The summed E-state index contributed by atoms with van der Waals surface area (Å²) in [6, 6.07) is 6.43. The van der Waals surface area contributed by atoms with Crippen LogP contribution in [-0.4, -0.2) is 22.1 Å². The van der Waals surface area contributed by atoms with Crippen molar-refractivity contribution in [2.75, 3.05) is 13.7 Å². The molecule has 0 aliphatic carbocycles. The molecule has 2 aromatic rings. The standard InChI is InChI=1S/C12H15N3O4S/c1-10-3-5-11(6-4-10)20(16,17)13-12-9-15(14-19-12)7-8-18-2/h3-6,9H,7-8H2,1-2H3/b13-12-. The summed E-state index contributed by atoms with van der Waals surface area (Å²) in [7, 11) is -2.23. The van der Waals surface area contributed by atoms with Crippen LogP contribution < -0.4 is 15.5 Å². The predicted molar refractivity (Wildman–Crippen MR) is 68.0 cm³/mol. The maximum absolute atomic E-state index is 12.0. The maximum atomic E-state index is 12.0. The summed E-state index contributed by atoms with van der Waals surface area (Å²) in [6.45, 7) is 2.78. The first-order valence-electron chi connectivity index (χ1n) is 5.91. The maximum Gasteiger partial charge on any atom is 0.285 e. The Balaban J connectivity index is 2.28. The van der Waals surface area contributed by atoms with Crippen LogP contribution in [0.15, 0.2) is 44.3 Å². The monoisotopic (exact) mass is 297 g/mol. The average molecular weight is 297 g/mol. The van der Waals surface area contributed by atoms with E-state index in [2.05, 4.69) is 9.67 Å². The first-order chi connectivity index (χ1) is 9.51. The van der Waals surface area contributed by atoms with Crippen molar-refractivity contribution in [2.24, 2.45) is 4.40 Å². The van der Waals surface area contributed by atoms with Crippen molar-refractivity contribution in [3.8, 4) is 0 Å². The molecule has 0 radical (unpaired) electrons. The van der Waals surface area contributed by atoms with Gasteiger partial charge in [-0.1, -0.05) is 17.7 Å². The lowest BCUT2D eigenvalue weighted by atomic mass is 10.2. The first-order valence-corrected chi connectivity index (χ1v) is 7.35. The number of ether oxygens (including phenoxy) is 1. The second kappa shape index (κ2) is 6.02. The number of hydrogen-bond donors (Lipinski definition) is 0. The molecule has 8 heteroatoms. The van der Waals surface area contributed by atoms with Crippen LogP contribution in [0.4, 0.5) is 0 Å². The van der Waals surface area contributed by atoms with E-state index in [4.69, 9.17) is 9.26 Å². The Labute approximate surface area is 116 Å². The van der Waals surface area contributed by atoms with Gasteiger partial charge in [0.1, 0.15) is 6.61 Å². The van der Waals surface area contributed by atoms with Crippen LogP contribution in [0, 0.1) is 6.92 Å². The van der Waals surface area contributed by atoms with Gasteiger partial charge in [0.25, 0.3) is 15.6 Å². The minimum atomic E-state index is -3.79. The summed E-state index contributed by atoms with van der Waals surface area (Å²) in [6.07, 6.45) is 1.41. The molecule has 0 N–H and O–H groups in total. The van der Waals surface area contributed by atoms with E-state index in [0.29, 0.717) is 13.2 Å². The number of rotatable bonds is 5. The van der Waals surface area contributed by atoms with Gasteiger partial charge in [-0.2, -0.15) is 8.42 Å². The van der Waals surface area contributed by atoms with Crippen LogP contribution in [-0.2, 0) is 21.3 Å². The van der Waals surface area contributed by atoms with Gasteiger partial charge in [-0.3, -0.25) is 5.27 Å². The molecule has 2 rings (SSSR count). The number of sulfonamides is 1. The number of methoxy groups -OCH3 is 1. The van der Waals surface area contributed by atoms with Crippen molar-refractivity contribution >= 4 is 10.0 Å². The van der Waals surface area contributed by atoms with Crippen molar-refractivity contribution in [2.45, 2.75) is 18.4 Å². The molecule has 0 amide bonds. The zero-order chi connectivity index (χ0) is 14.6. The summed E-state index contributed by atoms with van der Waals surface area (Å²) >= 11 is 0. The normalized spacial score (nSPS) is 12.8.